The fraction of sp³-hybridized carbons (Fsp3) is 0.361. The van der Waals surface area contributed by atoms with E-state index in [0.29, 0.717) is 79.3 Å². The highest BCUT2D eigenvalue weighted by atomic mass is 19.1. The van der Waals surface area contributed by atoms with E-state index in [1.807, 2.05) is 36.9 Å². The van der Waals surface area contributed by atoms with Crippen molar-refractivity contribution in [2.24, 2.45) is 0 Å². The van der Waals surface area contributed by atoms with Crippen molar-refractivity contribution < 1.29 is 18.7 Å². The molecule has 3 aliphatic rings. The van der Waals surface area contributed by atoms with Crippen LogP contribution in [0.1, 0.15) is 24.5 Å². The fourth-order valence-corrected chi connectivity index (χ4v) is 7.74. The van der Waals surface area contributed by atoms with E-state index in [4.69, 9.17) is 29.4 Å². The van der Waals surface area contributed by atoms with Crippen molar-refractivity contribution >= 4 is 39.7 Å². The summed E-state index contributed by atoms with van der Waals surface area (Å²) in [5.41, 5.74) is 4.65. The zero-order valence-corrected chi connectivity index (χ0v) is 28.5. The van der Waals surface area contributed by atoms with Gasteiger partial charge in [-0.25, -0.2) is 34.0 Å². The summed E-state index contributed by atoms with van der Waals surface area (Å²) >= 11 is 0. The average molecular weight is 690 g/mol. The number of carbonyl (C=O) groups is 1. The lowest BCUT2D eigenvalue weighted by atomic mass is 10.1. The predicted octanol–water partition coefficient (Wildman–Crippen LogP) is 4.08. The van der Waals surface area contributed by atoms with Gasteiger partial charge in [0, 0.05) is 50.1 Å². The molecule has 6 bridgehead atoms. The molecule has 4 aromatic heterocycles. The average Bonchev–Trinajstić information content (AvgIpc) is 3.77. The van der Waals surface area contributed by atoms with Crippen LogP contribution in [-0.4, -0.2) is 102 Å². The van der Waals surface area contributed by atoms with Crippen LogP contribution in [0.4, 0.5) is 16.2 Å². The van der Waals surface area contributed by atoms with Gasteiger partial charge in [0.05, 0.1) is 48.1 Å². The van der Waals surface area contributed by atoms with Crippen LogP contribution in [0.15, 0.2) is 54.9 Å². The first kappa shape index (κ1) is 31.3. The number of anilines is 2. The number of benzene rings is 2. The minimum Gasteiger partial charge on any atom is -0.494 e. The molecule has 1 N–H and O–H groups in total. The summed E-state index contributed by atoms with van der Waals surface area (Å²) in [5, 5.41) is 8.85. The molecule has 7 heterocycles. The number of para-hydroxylation sites is 1. The van der Waals surface area contributed by atoms with Gasteiger partial charge >= 0.3 is 0 Å². The van der Waals surface area contributed by atoms with E-state index in [0.717, 1.165) is 34.5 Å². The molecule has 3 aliphatic heterocycles. The third-order valence-electron chi connectivity index (χ3n) is 10.0. The summed E-state index contributed by atoms with van der Waals surface area (Å²) in [5.74, 6) is 2.34. The van der Waals surface area contributed by atoms with Crippen molar-refractivity contribution in [3.63, 3.8) is 0 Å². The Morgan fingerprint density at radius 3 is 2.82 bits per heavy atom. The zero-order chi connectivity index (χ0) is 34.8. The highest BCUT2D eigenvalue weighted by molar-refractivity contribution is 5.94. The Morgan fingerprint density at radius 1 is 1.04 bits per heavy atom. The number of nitrogens with zero attached hydrogens (tertiary/aromatic N) is 10. The number of carbonyl (C=O) groups excluding carboxylic acids is 1. The molecular formula is C36H36FN11O3. The van der Waals surface area contributed by atoms with Gasteiger partial charge in [-0.3, -0.25) is 4.79 Å². The number of methoxy groups -OCH3 is 1. The Balaban J connectivity index is 1.16. The van der Waals surface area contributed by atoms with Crippen LogP contribution >= 0.6 is 0 Å². The second-order valence-corrected chi connectivity index (χ2v) is 13.3. The minimum absolute atomic E-state index is 0.00394. The van der Waals surface area contributed by atoms with Crippen LogP contribution in [0.25, 0.3) is 39.0 Å². The molecule has 3 atom stereocenters. The summed E-state index contributed by atoms with van der Waals surface area (Å²) in [7, 11) is 1.49. The maximum Gasteiger partial charge on any atom is 0.245 e. The fourth-order valence-electron chi connectivity index (χ4n) is 7.74. The number of nitrogens with one attached hydrogen (secondary N) is 1. The van der Waals surface area contributed by atoms with E-state index in [1.54, 1.807) is 23.1 Å². The highest BCUT2D eigenvalue weighted by Gasteiger charge is 2.42. The number of halogens is 1. The molecule has 0 radical (unpaired) electrons. The Morgan fingerprint density at radius 2 is 1.94 bits per heavy atom. The van der Waals surface area contributed by atoms with Crippen LogP contribution in [0, 0.1) is 19.7 Å². The molecule has 51 heavy (non-hydrogen) atoms. The molecule has 6 aromatic rings. The van der Waals surface area contributed by atoms with Gasteiger partial charge in [0.1, 0.15) is 40.8 Å². The van der Waals surface area contributed by atoms with Crippen molar-refractivity contribution in [1.29, 1.82) is 0 Å². The van der Waals surface area contributed by atoms with Gasteiger partial charge in [0.15, 0.2) is 5.65 Å². The topological polar surface area (TPSA) is 141 Å². The Kier molecular flexibility index (Phi) is 7.52. The second-order valence-electron chi connectivity index (χ2n) is 13.3. The first-order chi connectivity index (χ1) is 24.8. The van der Waals surface area contributed by atoms with Crippen LogP contribution < -0.4 is 15.0 Å². The molecule has 1 amide bonds. The SMILES string of the molecule is COc1cc(F)ccc1-n1ncc2c(N3C[C@@H]4C[C@H]3C(=O)N3CCCO[C@@H](C3)Cn3c(C)nc5cccc(c53)-c3ccnc(n3)N4)nc(C)nc21. The molecule has 9 rings (SSSR count). The number of amides is 1. The Hall–Kier alpha value is -5.70. The van der Waals surface area contributed by atoms with E-state index < -0.39 is 11.9 Å². The van der Waals surface area contributed by atoms with Gasteiger partial charge in [0.2, 0.25) is 11.9 Å². The van der Waals surface area contributed by atoms with Crippen molar-refractivity contribution in [2.45, 2.75) is 51.4 Å². The monoisotopic (exact) mass is 689 g/mol. The maximum absolute atomic E-state index is 14.8. The summed E-state index contributed by atoms with van der Waals surface area (Å²) in [6.07, 6.45) is 4.43. The summed E-state index contributed by atoms with van der Waals surface area (Å²) in [6, 6.07) is 11.5. The van der Waals surface area contributed by atoms with Gasteiger partial charge in [0.25, 0.3) is 0 Å². The normalized spacial score (nSPS) is 20.6. The van der Waals surface area contributed by atoms with Crippen molar-refractivity contribution in [1.82, 2.24) is 44.2 Å². The Bertz CT molecular complexity index is 2320. The first-order valence-electron chi connectivity index (χ1n) is 17.1. The number of hydrogen-bond donors (Lipinski definition) is 1. The van der Waals surface area contributed by atoms with Crippen LogP contribution in [-0.2, 0) is 16.1 Å². The van der Waals surface area contributed by atoms with Crippen LogP contribution in [0.5, 0.6) is 5.75 Å². The second kappa shape index (κ2) is 12.3. The first-order valence-corrected chi connectivity index (χ1v) is 17.1. The van der Waals surface area contributed by atoms with Crippen LogP contribution in [0.3, 0.4) is 0 Å². The third kappa shape index (κ3) is 5.39. The van der Waals surface area contributed by atoms with E-state index in [9.17, 15) is 9.18 Å². The number of hydrogen-bond acceptors (Lipinski definition) is 11. The van der Waals surface area contributed by atoms with E-state index in [-0.39, 0.29) is 18.1 Å². The summed E-state index contributed by atoms with van der Waals surface area (Å²) < 4.78 is 29.8. The number of rotatable bonds is 3. The molecule has 2 fully saturated rings. The van der Waals surface area contributed by atoms with Crippen molar-refractivity contribution in [3.8, 4) is 22.7 Å². The number of aryl methyl sites for hydroxylation is 2. The van der Waals surface area contributed by atoms with E-state index in [2.05, 4.69) is 30.9 Å². The van der Waals surface area contributed by atoms with Gasteiger partial charge in [-0.05, 0) is 51.0 Å². The molecule has 0 unspecified atom stereocenters. The smallest absolute Gasteiger partial charge is 0.245 e. The van der Waals surface area contributed by atoms with Gasteiger partial charge in [-0.15, -0.1) is 0 Å². The summed E-state index contributed by atoms with van der Waals surface area (Å²) in [6.45, 7) is 6.38. The molecular weight excluding hydrogens is 653 g/mol. The lowest BCUT2D eigenvalue weighted by Gasteiger charge is -2.31. The third-order valence-corrected chi connectivity index (χ3v) is 10.0. The number of fused-ring (bicyclic) bond motifs is 8. The van der Waals surface area contributed by atoms with Gasteiger partial charge in [-0.1, -0.05) is 12.1 Å². The quantitative estimate of drug-likeness (QED) is 0.288. The molecule has 14 nitrogen and oxygen atoms in total. The molecule has 2 saturated heterocycles. The standard InChI is InChI=1S/C36H36FN11O3/c1-20-40-33(26-16-39-48(34(26)41-20)29-9-8-22(37)14-31(29)50-3)47-17-23-15-30(47)35(49)45-12-5-13-51-24(18-45)19-46-21(2)42-28-7-4-6-25(32(28)46)27-10-11-38-36(43-23)44-27/h4,6-11,14,16,23-24,30H,5,12-13,15,17-19H2,1-3H3,(H,38,43,44)/t23-,24-,30-/m0/s1. The van der Waals surface area contributed by atoms with Crippen LogP contribution in [0.2, 0.25) is 0 Å². The number of aromatic nitrogens is 8. The minimum atomic E-state index is -0.547. The van der Waals surface area contributed by atoms with E-state index >= 15 is 0 Å². The Labute approximate surface area is 292 Å². The lowest BCUT2D eigenvalue weighted by molar-refractivity contribution is -0.133. The van der Waals surface area contributed by atoms with Gasteiger partial charge < -0.3 is 29.2 Å². The molecule has 0 spiro atoms. The van der Waals surface area contributed by atoms with Gasteiger partial charge in [-0.2, -0.15) is 5.10 Å². The molecule has 0 aliphatic carbocycles. The highest BCUT2D eigenvalue weighted by Crippen LogP contribution is 2.36. The predicted molar refractivity (Wildman–Crippen MR) is 188 cm³/mol. The van der Waals surface area contributed by atoms with Crippen molar-refractivity contribution in [2.75, 3.05) is 43.6 Å². The zero-order valence-electron chi connectivity index (χ0n) is 28.5. The molecule has 0 saturated carbocycles. The molecule has 15 heteroatoms. The lowest BCUT2D eigenvalue weighted by Crippen LogP contribution is -2.48. The number of imidazole rings is 1. The van der Waals surface area contributed by atoms with E-state index in [1.165, 1.54) is 19.2 Å². The molecule has 260 valence electrons. The molecule has 2 aromatic carbocycles. The maximum atomic E-state index is 14.8. The number of ether oxygens (including phenoxy) is 2. The largest absolute Gasteiger partial charge is 0.494 e. The summed E-state index contributed by atoms with van der Waals surface area (Å²) in [4.78, 5) is 42.9. The van der Waals surface area contributed by atoms with Crippen molar-refractivity contribution in [3.05, 3.63) is 72.3 Å².